The molecule has 90 valence electrons. The molecule has 16 heavy (non-hydrogen) atoms. The smallest absolute Gasteiger partial charge is 0.405 e. The second-order valence-corrected chi connectivity index (χ2v) is 3.28. The van der Waals surface area contributed by atoms with Crippen molar-refractivity contribution in [1.82, 2.24) is 5.43 Å². The quantitative estimate of drug-likeness (QED) is 0.615. The van der Waals surface area contributed by atoms with Gasteiger partial charge in [0.2, 0.25) is 0 Å². The van der Waals surface area contributed by atoms with Crippen LogP contribution in [0.1, 0.15) is 5.56 Å². The van der Waals surface area contributed by atoms with Crippen LogP contribution in [0.5, 0.6) is 5.75 Å². The zero-order chi connectivity index (χ0) is 12.2. The van der Waals surface area contributed by atoms with Crippen molar-refractivity contribution in [2.75, 3.05) is 7.11 Å². The molecule has 0 saturated heterocycles. The second kappa shape index (κ2) is 5.18. The van der Waals surface area contributed by atoms with Gasteiger partial charge in [-0.1, -0.05) is 18.2 Å². The molecule has 0 fully saturated rings. The number of benzene rings is 1. The minimum absolute atomic E-state index is 0.260. The fraction of sp³-hybridized carbons (Fsp3) is 0.400. The maximum absolute atomic E-state index is 12.5. The molecule has 3 nitrogen and oxygen atoms in total. The summed E-state index contributed by atoms with van der Waals surface area (Å²) in [7, 11) is 1.41. The molecule has 0 amide bonds. The van der Waals surface area contributed by atoms with Crippen LogP contribution in [0.3, 0.4) is 0 Å². The number of alkyl halides is 3. The van der Waals surface area contributed by atoms with Gasteiger partial charge in [-0.3, -0.25) is 5.84 Å². The molecule has 6 heteroatoms. The molecule has 0 aromatic heterocycles. The molecule has 0 bridgehead atoms. The minimum atomic E-state index is -4.38. The summed E-state index contributed by atoms with van der Waals surface area (Å²) in [6.07, 6.45) is -4.64. The lowest BCUT2D eigenvalue weighted by molar-refractivity contribution is -0.155. The molecule has 1 atom stereocenters. The summed E-state index contributed by atoms with van der Waals surface area (Å²) in [5, 5.41) is 0. The van der Waals surface area contributed by atoms with E-state index < -0.39 is 12.2 Å². The summed E-state index contributed by atoms with van der Waals surface area (Å²) in [5.41, 5.74) is 2.22. The zero-order valence-corrected chi connectivity index (χ0v) is 8.71. The third kappa shape index (κ3) is 3.11. The molecule has 3 N–H and O–H groups in total. The van der Waals surface area contributed by atoms with Crippen LogP contribution < -0.4 is 16.0 Å². The van der Waals surface area contributed by atoms with Gasteiger partial charge in [0.1, 0.15) is 11.8 Å². The Morgan fingerprint density at radius 2 is 2.00 bits per heavy atom. The second-order valence-electron chi connectivity index (χ2n) is 3.28. The zero-order valence-electron chi connectivity index (χ0n) is 8.71. The average Bonchev–Trinajstić information content (AvgIpc) is 2.24. The standard InChI is InChI=1S/C10H13F3N2O/c1-16-8-5-3-2-4-7(8)6-9(15-14)10(11,12)13/h2-5,9,15H,6,14H2,1H3. The first kappa shape index (κ1) is 12.8. The van der Waals surface area contributed by atoms with Gasteiger partial charge in [-0.25, -0.2) is 5.43 Å². The van der Waals surface area contributed by atoms with Gasteiger partial charge in [0.05, 0.1) is 7.11 Å². The van der Waals surface area contributed by atoms with Gasteiger partial charge in [0.25, 0.3) is 0 Å². The first-order valence-corrected chi connectivity index (χ1v) is 4.63. The highest BCUT2D eigenvalue weighted by Crippen LogP contribution is 2.26. The molecule has 1 aromatic carbocycles. The number of hydrazine groups is 1. The normalized spacial score (nSPS) is 13.6. The van der Waals surface area contributed by atoms with Crippen LogP contribution in [0, 0.1) is 0 Å². The Morgan fingerprint density at radius 1 is 1.38 bits per heavy atom. The van der Waals surface area contributed by atoms with Gasteiger partial charge in [-0.15, -0.1) is 0 Å². The Balaban J connectivity index is 2.86. The monoisotopic (exact) mass is 234 g/mol. The van der Waals surface area contributed by atoms with Crippen LogP contribution in [0.2, 0.25) is 0 Å². The Bertz CT molecular complexity index is 341. The van der Waals surface area contributed by atoms with E-state index >= 15 is 0 Å². The minimum Gasteiger partial charge on any atom is -0.496 e. The van der Waals surface area contributed by atoms with E-state index in [2.05, 4.69) is 0 Å². The van der Waals surface area contributed by atoms with Gasteiger partial charge < -0.3 is 4.74 Å². The summed E-state index contributed by atoms with van der Waals surface area (Å²) >= 11 is 0. The Labute approximate surface area is 91.4 Å². The van der Waals surface area contributed by atoms with E-state index in [9.17, 15) is 13.2 Å². The predicted molar refractivity (Wildman–Crippen MR) is 53.9 cm³/mol. The lowest BCUT2D eigenvalue weighted by Crippen LogP contribution is -2.47. The molecule has 0 aliphatic rings. The van der Waals surface area contributed by atoms with Crippen molar-refractivity contribution in [3.05, 3.63) is 29.8 Å². The number of methoxy groups -OCH3 is 1. The lowest BCUT2D eigenvalue weighted by Gasteiger charge is -2.20. The van der Waals surface area contributed by atoms with Crippen LogP contribution in [0.15, 0.2) is 24.3 Å². The van der Waals surface area contributed by atoms with Crippen LogP contribution in [0.25, 0.3) is 0 Å². The molecule has 1 unspecified atom stereocenters. The summed E-state index contributed by atoms with van der Waals surface area (Å²) < 4.78 is 42.3. The molecule has 0 radical (unpaired) electrons. The number of hydrogen-bond donors (Lipinski definition) is 2. The largest absolute Gasteiger partial charge is 0.496 e. The fourth-order valence-corrected chi connectivity index (χ4v) is 1.36. The predicted octanol–water partition coefficient (Wildman–Crippen LogP) is 1.63. The SMILES string of the molecule is COc1ccccc1CC(NN)C(F)(F)F. The van der Waals surface area contributed by atoms with Gasteiger partial charge in [-0.05, 0) is 11.6 Å². The summed E-state index contributed by atoms with van der Waals surface area (Å²) in [6, 6.07) is 4.76. The number of nitrogens with one attached hydrogen (secondary N) is 1. The first-order valence-electron chi connectivity index (χ1n) is 4.63. The van der Waals surface area contributed by atoms with Crippen molar-refractivity contribution in [1.29, 1.82) is 0 Å². The molecule has 0 spiro atoms. The van der Waals surface area contributed by atoms with Crippen LogP contribution in [0.4, 0.5) is 13.2 Å². The summed E-state index contributed by atoms with van der Waals surface area (Å²) in [6.45, 7) is 0. The van der Waals surface area contributed by atoms with Gasteiger partial charge in [-0.2, -0.15) is 13.2 Å². The molecule has 0 saturated carbocycles. The summed E-state index contributed by atoms with van der Waals surface area (Å²) in [4.78, 5) is 0. The molecular formula is C10H13F3N2O. The highest BCUT2D eigenvalue weighted by molar-refractivity contribution is 5.34. The summed E-state index contributed by atoms with van der Waals surface area (Å²) in [5.74, 6) is 5.31. The molecule has 0 aliphatic carbocycles. The van der Waals surface area contributed by atoms with Crippen molar-refractivity contribution in [3.8, 4) is 5.75 Å². The highest BCUT2D eigenvalue weighted by Gasteiger charge is 2.39. The van der Waals surface area contributed by atoms with E-state index in [1.54, 1.807) is 29.7 Å². The lowest BCUT2D eigenvalue weighted by atomic mass is 10.1. The number of hydrogen-bond acceptors (Lipinski definition) is 3. The van der Waals surface area contributed by atoms with E-state index in [-0.39, 0.29) is 6.42 Å². The first-order chi connectivity index (χ1) is 7.49. The van der Waals surface area contributed by atoms with Gasteiger partial charge in [0, 0.05) is 6.42 Å². The van der Waals surface area contributed by atoms with Crippen molar-refractivity contribution < 1.29 is 17.9 Å². The van der Waals surface area contributed by atoms with E-state index in [4.69, 9.17) is 10.6 Å². The maximum atomic E-state index is 12.5. The van der Waals surface area contributed by atoms with E-state index in [0.717, 1.165) is 0 Å². The maximum Gasteiger partial charge on any atom is 0.405 e. The third-order valence-electron chi connectivity index (χ3n) is 2.21. The Hall–Kier alpha value is -1.27. The van der Waals surface area contributed by atoms with Crippen LogP contribution in [-0.2, 0) is 6.42 Å². The van der Waals surface area contributed by atoms with Gasteiger partial charge in [0.15, 0.2) is 0 Å². The number of rotatable bonds is 4. The Morgan fingerprint density at radius 3 is 2.50 bits per heavy atom. The number of halogens is 3. The van der Waals surface area contributed by atoms with E-state index in [0.29, 0.717) is 11.3 Å². The van der Waals surface area contributed by atoms with E-state index in [1.807, 2.05) is 0 Å². The molecule has 0 heterocycles. The number of para-hydroxylation sites is 1. The topological polar surface area (TPSA) is 47.3 Å². The van der Waals surface area contributed by atoms with Crippen molar-refractivity contribution >= 4 is 0 Å². The number of nitrogens with two attached hydrogens (primary N) is 1. The highest BCUT2D eigenvalue weighted by atomic mass is 19.4. The van der Waals surface area contributed by atoms with Gasteiger partial charge >= 0.3 is 6.18 Å². The molecular weight excluding hydrogens is 221 g/mol. The van der Waals surface area contributed by atoms with Crippen molar-refractivity contribution in [2.24, 2.45) is 5.84 Å². The number of ether oxygens (including phenoxy) is 1. The molecule has 1 rings (SSSR count). The Kier molecular flexibility index (Phi) is 4.14. The average molecular weight is 234 g/mol. The fourth-order valence-electron chi connectivity index (χ4n) is 1.36. The van der Waals surface area contributed by atoms with Crippen molar-refractivity contribution in [3.63, 3.8) is 0 Å². The van der Waals surface area contributed by atoms with Crippen LogP contribution in [-0.4, -0.2) is 19.3 Å². The van der Waals surface area contributed by atoms with E-state index in [1.165, 1.54) is 7.11 Å². The van der Waals surface area contributed by atoms with Crippen LogP contribution >= 0.6 is 0 Å². The molecule has 1 aromatic rings. The van der Waals surface area contributed by atoms with Crippen molar-refractivity contribution in [2.45, 2.75) is 18.6 Å². The molecule has 0 aliphatic heterocycles. The third-order valence-corrected chi connectivity index (χ3v) is 2.21.